The van der Waals surface area contributed by atoms with Gasteiger partial charge in [-0.25, -0.2) is 9.78 Å². The summed E-state index contributed by atoms with van der Waals surface area (Å²) in [7, 11) is 0. The van der Waals surface area contributed by atoms with Gasteiger partial charge in [-0.15, -0.1) is 0 Å². The fourth-order valence-electron chi connectivity index (χ4n) is 3.24. The van der Waals surface area contributed by atoms with E-state index in [1.54, 1.807) is 18.2 Å². The fraction of sp³-hybridized carbons (Fsp3) is 0.250. The average molecular weight is 349 g/mol. The first-order chi connectivity index (χ1) is 12.6. The molecule has 1 aliphatic rings. The van der Waals surface area contributed by atoms with Gasteiger partial charge in [-0.1, -0.05) is 24.6 Å². The van der Waals surface area contributed by atoms with Crippen LogP contribution in [0.3, 0.4) is 0 Å². The highest BCUT2D eigenvalue weighted by Gasteiger charge is 2.22. The van der Waals surface area contributed by atoms with Crippen LogP contribution < -0.4 is 5.32 Å². The SMILES string of the molecule is O=C(Cc1ccccc1C(=O)O)Nc1ccc2nc(C3CCC3)[nH]c2c1. The monoisotopic (exact) mass is 349 g/mol. The molecule has 1 aliphatic carbocycles. The molecule has 3 aromatic rings. The third-order valence-electron chi connectivity index (χ3n) is 4.87. The number of nitrogens with zero attached hydrogens (tertiary/aromatic N) is 1. The van der Waals surface area contributed by atoms with Crippen LogP contribution in [0.15, 0.2) is 42.5 Å². The minimum absolute atomic E-state index is 0.0107. The van der Waals surface area contributed by atoms with Crippen LogP contribution in [0.2, 0.25) is 0 Å². The molecule has 6 nitrogen and oxygen atoms in total. The number of anilines is 1. The number of carbonyl (C=O) groups excluding carboxylic acids is 1. The highest BCUT2D eigenvalue weighted by atomic mass is 16.4. The maximum Gasteiger partial charge on any atom is 0.335 e. The molecule has 4 rings (SSSR count). The summed E-state index contributed by atoms with van der Waals surface area (Å²) in [5, 5.41) is 12.1. The minimum atomic E-state index is -1.03. The number of H-pyrrole nitrogens is 1. The molecule has 0 spiro atoms. The molecule has 1 aromatic heterocycles. The number of aromatic carboxylic acids is 1. The zero-order chi connectivity index (χ0) is 18.1. The van der Waals surface area contributed by atoms with Gasteiger partial charge in [-0.2, -0.15) is 0 Å². The third kappa shape index (κ3) is 3.18. The third-order valence-corrected chi connectivity index (χ3v) is 4.87. The van der Waals surface area contributed by atoms with Gasteiger partial charge in [-0.05, 0) is 42.7 Å². The first-order valence-electron chi connectivity index (χ1n) is 8.71. The molecule has 0 atom stereocenters. The normalized spacial score (nSPS) is 14.2. The molecule has 26 heavy (non-hydrogen) atoms. The predicted octanol–water partition coefficient (Wildman–Crippen LogP) is 3.71. The predicted molar refractivity (Wildman–Crippen MR) is 98.4 cm³/mol. The number of carbonyl (C=O) groups is 2. The van der Waals surface area contributed by atoms with Crippen molar-refractivity contribution in [3.63, 3.8) is 0 Å². The van der Waals surface area contributed by atoms with Crippen LogP contribution in [-0.2, 0) is 11.2 Å². The molecular weight excluding hydrogens is 330 g/mol. The summed E-state index contributed by atoms with van der Waals surface area (Å²) in [4.78, 5) is 31.5. The van der Waals surface area contributed by atoms with E-state index < -0.39 is 5.97 Å². The Bertz CT molecular complexity index is 989. The molecule has 6 heteroatoms. The van der Waals surface area contributed by atoms with Crippen molar-refractivity contribution in [3.05, 3.63) is 59.4 Å². The standard InChI is InChI=1S/C20H19N3O3/c24-18(10-13-4-1-2-7-15(13)20(25)26)21-14-8-9-16-17(11-14)23-19(22-16)12-5-3-6-12/h1-2,4,7-9,11-12H,3,5-6,10H2,(H,21,24)(H,22,23)(H,25,26). The van der Waals surface area contributed by atoms with E-state index in [1.807, 2.05) is 18.2 Å². The lowest BCUT2D eigenvalue weighted by Crippen LogP contribution is -2.16. The van der Waals surface area contributed by atoms with Crippen molar-refractivity contribution in [1.82, 2.24) is 9.97 Å². The van der Waals surface area contributed by atoms with Crippen molar-refractivity contribution in [2.24, 2.45) is 0 Å². The number of carboxylic acids is 1. The van der Waals surface area contributed by atoms with Gasteiger partial charge in [0.25, 0.3) is 0 Å². The Morgan fingerprint density at radius 3 is 2.73 bits per heavy atom. The molecule has 132 valence electrons. The molecule has 0 bridgehead atoms. The fourth-order valence-corrected chi connectivity index (χ4v) is 3.24. The number of fused-ring (bicyclic) bond motifs is 1. The van der Waals surface area contributed by atoms with E-state index in [0.29, 0.717) is 17.2 Å². The van der Waals surface area contributed by atoms with Crippen molar-refractivity contribution in [2.75, 3.05) is 5.32 Å². The number of nitrogens with one attached hydrogen (secondary N) is 2. The molecular formula is C20H19N3O3. The van der Waals surface area contributed by atoms with Gasteiger partial charge >= 0.3 is 5.97 Å². The van der Waals surface area contributed by atoms with Gasteiger partial charge < -0.3 is 15.4 Å². The second kappa shape index (κ2) is 6.63. The molecule has 0 unspecified atom stereocenters. The van der Waals surface area contributed by atoms with Gasteiger partial charge in [0.05, 0.1) is 23.0 Å². The van der Waals surface area contributed by atoms with E-state index in [9.17, 15) is 14.7 Å². The maximum atomic E-state index is 12.3. The number of carboxylic acid groups (broad SMARTS) is 1. The molecule has 0 radical (unpaired) electrons. The molecule has 0 saturated heterocycles. The topological polar surface area (TPSA) is 95.1 Å². The zero-order valence-electron chi connectivity index (χ0n) is 14.2. The average Bonchev–Trinajstić information content (AvgIpc) is 2.95. The van der Waals surface area contributed by atoms with Crippen LogP contribution in [0, 0.1) is 0 Å². The van der Waals surface area contributed by atoms with E-state index in [-0.39, 0.29) is 17.9 Å². The Morgan fingerprint density at radius 1 is 1.19 bits per heavy atom. The quantitative estimate of drug-likeness (QED) is 0.654. The largest absolute Gasteiger partial charge is 0.478 e. The maximum absolute atomic E-state index is 12.3. The molecule has 1 heterocycles. The molecule has 2 aromatic carbocycles. The summed E-state index contributed by atoms with van der Waals surface area (Å²) in [5.41, 5.74) is 3.10. The van der Waals surface area contributed by atoms with Crippen molar-refractivity contribution in [3.8, 4) is 0 Å². The Hall–Kier alpha value is -3.15. The minimum Gasteiger partial charge on any atom is -0.478 e. The lowest BCUT2D eigenvalue weighted by atomic mass is 9.85. The van der Waals surface area contributed by atoms with Crippen LogP contribution >= 0.6 is 0 Å². The summed E-state index contributed by atoms with van der Waals surface area (Å²) in [5.74, 6) is 0.255. The number of imidazole rings is 1. The number of amides is 1. The number of hydrogen-bond donors (Lipinski definition) is 3. The van der Waals surface area contributed by atoms with Crippen LogP contribution in [0.4, 0.5) is 5.69 Å². The Labute approximate surface area is 150 Å². The molecule has 0 aliphatic heterocycles. The first-order valence-corrected chi connectivity index (χ1v) is 8.71. The van der Waals surface area contributed by atoms with Gasteiger partial charge in [-0.3, -0.25) is 4.79 Å². The van der Waals surface area contributed by atoms with Gasteiger partial charge in [0.1, 0.15) is 5.82 Å². The summed E-state index contributed by atoms with van der Waals surface area (Å²) < 4.78 is 0. The summed E-state index contributed by atoms with van der Waals surface area (Å²) in [6, 6.07) is 12.1. The second-order valence-electron chi connectivity index (χ2n) is 6.67. The van der Waals surface area contributed by atoms with E-state index in [0.717, 1.165) is 16.9 Å². The second-order valence-corrected chi connectivity index (χ2v) is 6.67. The smallest absolute Gasteiger partial charge is 0.335 e. The summed E-state index contributed by atoms with van der Waals surface area (Å²) >= 11 is 0. The van der Waals surface area contributed by atoms with Crippen molar-refractivity contribution in [1.29, 1.82) is 0 Å². The van der Waals surface area contributed by atoms with Crippen LogP contribution in [-0.4, -0.2) is 27.0 Å². The molecule has 3 N–H and O–H groups in total. The Kier molecular flexibility index (Phi) is 4.16. The number of benzene rings is 2. The van der Waals surface area contributed by atoms with Crippen LogP contribution in [0.5, 0.6) is 0 Å². The van der Waals surface area contributed by atoms with Crippen LogP contribution in [0.25, 0.3) is 11.0 Å². The summed E-state index contributed by atoms with van der Waals surface area (Å²) in [6.45, 7) is 0. The number of hydrogen-bond acceptors (Lipinski definition) is 3. The van der Waals surface area contributed by atoms with Gasteiger partial charge in [0.15, 0.2) is 0 Å². The number of rotatable bonds is 5. The highest BCUT2D eigenvalue weighted by Crippen LogP contribution is 2.35. The highest BCUT2D eigenvalue weighted by molar-refractivity contribution is 5.97. The molecule has 1 amide bonds. The Morgan fingerprint density at radius 2 is 2.00 bits per heavy atom. The van der Waals surface area contributed by atoms with E-state index in [1.165, 1.54) is 25.3 Å². The van der Waals surface area contributed by atoms with E-state index >= 15 is 0 Å². The van der Waals surface area contributed by atoms with Crippen molar-refractivity contribution in [2.45, 2.75) is 31.6 Å². The lowest BCUT2D eigenvalue weighted by Gasteiger charge is -2.22. The zero-order valence-corrected chi connectivity index (χ0v) is 14.2. The summed E-state index contributed by atoms with van der Waals surface area (Å²) in [6.07, 6.45) is 3.61. The van der Waals surface area contributed by atoms with Gasteiger partial charge in [0, 0.05) is 11.6 Å². The van der Waals surface area contributed by atoms with Gasteiger partial charge in [0.2, 0.25) is 5.91 Å². The van der Waals surface area contributed by atoms with E-state index in [4.69, 9.17) is 0 Å². The Balaban J connectivity index is 1.50. The van der Waals surface area contributed by atoms with Crippen molar-refractivity contribution >= 4 is 28.6 Å². The number of aromatic amines is 1. The first kappa shape index (κ1) is 16.3. The number of aromatic nitrogens is 2. The lowest BCUT2D eigenvalue weighted by molar-refractivity contribution is -0.115. The van der Waals surface area contributed by atoms with E-state index in [2.05, 4.69) is 15.3 Å². The molecule has 1 fully saturated rings. The van der Waals surface area contributed by atoms with Crippen LogP contribution in [0.1, 0.15) is 46.9 Å². The van der Waals surface area contributed by atoms with Crippen molar-refractivity contribution < 1.29 is 14.7 Å². The molecule has 1 saturated carbocycles.